The molecule has 0 heterocycles. The second-order valence-corrected chi connectivity index (χ2v) is 6.08. The molecule has 10 heteroatoms. The number of hydrogen-bond donors (Lipinski definition) is 1. The first-order valence-electron chi connectivity index (χ1n) is 6.73. The predicted molar refractivity (Wildman–Crippen MR) is 90.1 cm³/mol. The topological polar surface area (TPSA) is 81.5 Å². The van der Waals surface area contributed by atoms with E-state index in [4.69, 9.17) is 11.6 Å². The average molecular weight is 436 g/mol. The van der Waals surface area contributed by atoms with Crippen LogP contribution in [0.25, 0.3) is 0 Å². The molecule has 1 amide bonds. The number of halogens is 4. The van der Waals surface area contributed by atoms with Crippen molar-refractivity contribution in [2.24, 2.45) is 0 Å². The van der Waals surface area contributed by atoms with Gasteiger partial charge in [0.05, 0.1) is 4.92 Å². The van der Waals surface area contributed by atoms with Gasteiger partial charge in [-0.1, -0.05) is 27.5 Å². The maximum atomic E-state index is 12.4. The molecule has 0 radical (unpaired) electrons. The molecule has 6 nitrogen and oxygen atoms in total. The molecule has 132 valence electrons. The number of nitrogens with one attached hydrogen (secondary N) is 1. The number of nitro groups is 1. The van der Waals surface area contributed by atoms with Crippen LogP contribution < -0.4 is 10.1 Å². The van der Waals surface area contributed by atoms with Crippen LogP contribution in [0.1, 0.15) is 15.9 Å². The Hall–Kier alpha value is -2.26. The molecule has 0 aliphatic carbocycles. The van der Waals surface area contributed by atoms with E-state index in [1.165, 1.54) is 30.3 Å². The van der Waals surface area contributed by atoms with Crippen molar-refractivity contribution < 1.29 is 23.2 Å². The van der Waals surface area contributed by atoms with Crippen LogP contribution in [0, 0.1) is 10.1 Å². The van der Waals surface area contributed by atoms with E-state index in [0.29, 0.717) is 4.47 Å². The minimum Gasteiger partial charge on any atom is -0.434 e. The second-order valence-electron chi connectivity index (χ2n) is 4.73. The molecule has 0 aromatic heterocycles. The van der Waals surface area contributed by atoms with E-state index < -0.39 is 23.1 Å². The third-order valence-corrected chi connectivity index (χ3v) is 3.81. The highest BCUT2D eigenvalue weighted by Crippen LogP contribution is 2.26. The van der Waals surface area contributed by atoms with Crippen molar-refractivity contribution >= 4 is 39.1 Å². The highest BCUT2D eigenvalue weighted by atomic mass is 79.9. The van der Waals surface area contributed by atoms with Gasteiger partial charge in [0.25, 0.3) is 11.6 Å². The molecule has 2 aromatic rings. The minimum atomic E-state index is -3.02. The Balaban J connectivity index is 2.21. The lowest BCUT2D eigenvalue weighted by Gasteiger charge is -2.12. The minimum absolute atomic E-state index is 0.107. The first-order chi connectivity index (χ1) is 11.8. The Labute approximate surface area is 154 Å². The maximum absolute atomic E-state index is 12.4. The quantitative estimate of drug-likeness (QED) is 0.533. The molecule has 0 aliphatic heterocycles. The van der Waals surface area contributed by atoms with Crippen molar-refractivity contribution in [1.29, 1.82) is 0 Å². The molecule has 0 saturated carbocycles. The molecule has 1 N–H and O–H groups in total. The number of alkyl halides is 2. The first-order valence-corrected chi connectivity index (χ1v) is 7.90. The summed E-state index contributed by atoms with van der Waals surface area (Å²) in [7, 11) is 0. The van der Waals surface area contributed by atoms with Gasteiger partial charge in [0, 0.05) is 27.7 Å². The van der Waals surface area contributed by atoms with Gasteiger partial charge in [0.2, 0.25) is 0 Å². The van der Waals surface area contributed by atoms with Crippen LogP contribution in [0.2, 0.25) is 5.02 Å². The fourth-order valence-electron chi connectivity index (χ4n) is 2.02. The molecule has 2 rings (SSSR count). The van der Waals surface area contributed by atoms with Gasteiger partial charge in [-0.25, -0.2) is 0 Å². The first kappa shape index (κ1) is 19.1. The molecule has 0 atom stereocenters. The van der Waals surface area contributed by atoms with Gasteiger partial charge >= 0.3 is 6.61 Å². The fraction of sp³-hybridized carbons (Fsp3) is 0.133. The zero-order chi connectivity index (χ0) is 18.6. The molecular formula is C15H10BrClF2N2O4. The summed E-state index contributed by atoms with van der Waals surface area (Å²) in [6.07, 6.45) is 0. The summed E-state index contributed by atoms with van der Waals surface area (Å²) in [6, 6.07) is 7.94. The predicted octanol–water partition coefficient (Wildman–Crippen LogP) is 4.54. The van der Waals surface area contributed by atoms with E-state index in [1.54, 1.807) is 0 Å². The van der Waals surface area contributed by atoms with Crippen molar-refractivity contribution in [3.8, 4) is 5.75 Å². The van der Waals surface area contributed by atoms with Gasteiger partial charge in [-0.3, -0.25) is 14.9 Å². The molecule has 0 unspecified atom stereocenters. The van der Waals surface area contributed by atoms with Crippen molar-refractivity contribution in [1.82, 2.24) is 5.32 Å². The van der Waals surface area contributed by atoms with Crippen LogP contribution in [0.4, 0.5) is 14.5 Å². The fourth-order valence-corrected chi connectivity index (χ4v) is 2.59. The lowest BCUT2D eigenvalue weighted by molar-refractivity contribution is -0.385. The second kappa shape index (κ2) is 8.21. The number of rotatable bonds is 6. The Kier molecular flexibility index (Phi) is 6.27. The Morgan fingerprint density at radius 1 is 1.32 bits per heavy atom. The van der Waals surface area contributed by atoms with Crippen LogP contribution >= 0.6 is 27.5 Å². The lowest BCUT2D eigenvalue weighted by atomic mass is 10.1. The molecule has 0 bridgehead atoms. The normalized spacial score (nSPS) is 10.6. The number of benzene rings is 2. The Bertz CT molecular complexity index is 820. The SMILES string of the molecule is O=C(NCc1cc(Br)ccc1OC(F)F)c1ccc(Cl)cc1[N+](=O)[O-]. The van der Waals surface area contributed by atoms with Gasteiger partial charge in [-0.2, -0.15) is 8.78 Å². The largest absolute Gasteiger partial charge is 0.434 e. The van der Waals surface area contributed by atoms with Crippen LogP contribution in [-0.4, -0.2) is 17.4 Å². The zero-order valence-electron chi connectivity index (χ0n) is 12.3. The van der Waals surface area contributed by atoms with Gasteiger partial charge in [-0.15, -0.1) is 0 Å². The average Bonchev–Trinajstić information content (AvgIpc) is 2.54. The molecule has 25 heavy (non-hydrogen) atoms. The summed E-state index contributed by atoms with van der Waals surface area (Å²) in [5.74, 6) is -0.851. The molecule has 0 fully saturated rings. The van der Waals surface area contributed by atoms with Gasteiger partial charge in [-0.05, 0) is 30.3 Å². The number of carbonyl (C=O) groups is 1. The number of nitro benzene ring substituents is 1. The number of hydrogen-bond acceptors (Lipinski definition) is 4. The molecular weight excluding hydrogens is 426 g/mol. The van der Waals surface area contributed by atoms with E-state index in [0.717, 1.165) is 6.07 Å². The van der Waals surface area contributed by atoms with Crippen LogP contribution in [0.3, 0.4) is 0 Å². The van der Waals surface area contributed by atoms with E-state index in [9.17, 15) is 23.7 Å². The van der Waals surface area contributed by atoms with Crippen molar-refractivity contribution in [3.63, 3.8) is 0 Å². The number of amides is 1. The van der Waals surface area contributed by atoms with E-state index >= 15 is 0 Å². The number of carbonyl (C=O) groups excluding carboxylic acids is 1. The summed E-state index contributed by atoms with van der Waals surface area (Å²) in [6.45, 7) is -3.19. The molecule has 0 aliphatic rings. The van der Waals surface area contributed by atoms with Crippen molar-refractivity contribution in [3.05, 3.63) is 67.1 Å². The molecule has 2 aromatic carbocycles. The summed E-state index contributed by atoms with van der Waals surface area (Å²) in [5, 5.41) is 13.6. The van der Waals surface area contributed by atoms with Gasteiger partial charge < -0.3 is 10.1 Å². The number of nitrogens with zero attached hydrogens (tertiary/aromatic N) is 1. The third kappa shape index (κ3) is 5.10. The van der Waals surface area contributed by atoms with E-state index in [2.05, 4.69) is 26.0 Å². The third-order valence-electron chi connectivity index (χ3n) is 3.08. The lowest BCUT2D eigenvalue weighted by Crippen LogP contribution is -2.24. The number of ether oxygens (including phenoxy) is 1. The van der Waals surface area contributed by atoms with Crippen molar-refractivity contribution in [2.75, 3.05) is 0 Å². The van der Waals surface area contributed by atoms with E-state index in [-0.39, 0.29) is 28.4 Å². The highest BCUT2D eigenvalue weighted by molar-refractivity contribution is 9.10. The standard InChI is InChI=1S/C15H10BrClF2N2O4/c16-9-1-4-13(25-15(18)19)8(5-9)7-20-14(22)11-3-2-10(17)6-12(11)21(23)24/h1-6,15H,7H2,(H,20,22). The summed E-state index contributed by atoms with van der Waals surface area (Å²) in [4.78, 5) is 22.5. The summed E-state index contributed by atoms with van der Waals surface area (Å²) >= 11 is 8.89. The van der Waals surface area contributed by atoms with Gasteiger partial charge in [0.1, 0.15) is 11.3 Å². The van der Waals surface area contributed by atoms with Crippen molar-refractivity contribution in [2.45, 2.75) is 13.2 Å². The monoisotopic (exact) mass is 434 g/mol. The highest BCUT2D eigenvalue weighted by Gasteiger charge is 2.21. The molecule has 0 saturated heterocycles. The molecule has 0 spiro atoms. The van der Waals surface area contributed by atoms with Crippen LogP contribution in [-0.2, 0) is 6.54 Å². The maximum Gasteiger partial charge on any atom is 0.387 e. The van der Waals surface area contributed by atoms with Gasteiger partial charge in [0.15, 0.2) is 0 Å². The van der Waals surface area contributed by atoms with Crippen LogP contribution in [0.5, 0.6) is 5.75 Å². The zero-order valence-corrected chi connectivity index (χ0v) is 14.7. The van der Waals surface area contributed by atoms with Crippen LogP contribution in [0.15, 0.2) is 40.9 Å². The van der Waals surface area contributed by atoms with E-state index in [1.807, 2.05) is 0 Å². The summed E-state index contributed by atoms with van der Waals surface area (Å²) < 4.78 is 29.8. The Morgan fingerprint density at radius 3 is 2.68 bits per heavy atom. The smallest absolute Gasteiger partial charge is 0.387 e. The summed E-state index contributed by atoms with van der Waals surface area (Å²) in [5.41, 5.74) is -0.372. The Morgan fingerprint density at radius 2 is 2.04 bits per heavy atom.